The Hall–Kier alpha value is -5.96. The van der Waals surface area contributed by atoms with E-state index in [1.165, 1.54) is 38.7 Å². The second kappa shape index (κ2) is 37.1. The molecule has 9 rings (SSSR count). The van der Waals surface area contributed by atoms with E-state index in [1.807, 2.05) is 86.6 Å². The van der Waals surface area contributed by atoms with E-state index < -0.39 is 0 Å². The Balaban J connectivity index is 0.000000264. The maximum atomic E-state index is 11.2. The maximum Gasteiger partial charge on any atom is 0.306 e. The van der Waals surface area contributed by atoms with Gasteiger partial charge in [-0.2, -0.15) is 0 Å². The minimum atomic E-state index is -0.0831. The number of aromatic amines is 1. The number of hydrogen-bond acceptors (Lipinski definition) is 17. The standard InChI is InChI=1S/C17H22N2O2.2C11H14N2O2.C11H13NO2.C10H23NO2.2ClH/c1-19(2)6-5-14-10-18-16-4-3-12(8-15(14)16)7-13-9-17(20)21-11-13;2*12-13-10-3-1-8(2-4-10)5-9-6-11(14)15-7-9;12-10-3-1-8(2-4-10)5-9-6-11(13)14-7-9;1-5-12-10(13-6-2)8-7-9-11(3)4;;/h3-4,8,10,13,18H,5-7,9,11H2,1-2H3;2*1-4,9,13H,5-7,12H2;1-4,9H,5-7,12H2;10H,5-9H2,1-4H3;2*1H. The lowest BCUT2D eigenvalue weighted by Crippen LogP contribution is -2.20. The Morgan fingerprint density at radius 1 is 0.562 bits per heavy atom. The normalized spacial score (nSPS) is 17.9. The summed E-state index contributed by atoms with van der Waals surface area (Å²) in [4.78, 5) is 51.5. The maximum absolute atomic E-state index is 11.2. The number of ether oxygens (including phenoxy) is 6. The molecule has 0 saturated carbocycles. The van der Waals surface area contributed by atoms with Crippen LogP contribution in [-0.4, -0.2) is 126 Å². The number of carbonyl (C=O) groups excluding carboxylic acids is 4. The Labute approximate surface area is 485 Å². The van der Waals surface area contributed by atoms with Gasteiger partial charge in [0.1, 0.15) is 0 Å². The Bertz CT molecular complexity index is 2490. The van der Waals surface area contributed by atoms with Gasteiger partial charge in [0.25, 0.3) is 0 Å². The average molecular weight is 1150 g/mol. The SMILES string of the molecule is CCOC(CCCN(C)C)OCC.CN(C)CCc1c[nH]c2ccc(CC3COC(=O)C3)cc12.Cl.Cl.NNc1ccc(CC2COC(=O)C2)cc1.NNc1ccc(CC2COC(=O)C2)cc1.Nc1ccc(CC2COC(=O)C2)cc1. The second-order valence-electron chi connectivity index (χ2n) is 20.8. The summed E-state index contributed by atoms with van der Waals surface area (Å²) in [5.41, 5.74) is 20.7. The van der Waals surface area contributed by atoms with Gasteiger partial charge >= 0.3 is 23.9 Å². The number of benzene rings is 4. The minimum absolute atomic E-state index is 0. The zero-order valence-corrected chi connectivity index (χ0v) is 49.2. The molecular weight excluding hydrogens is 1060 g/mol. The third kappa shape index (κ3) is 25.7. The summed E-state index contributed by atoms with van der Waals surface area (Å²) < 4.78 is 30.6. The molecule has 4 aliphatic rings. The van der Waals surface area contributed by atoms with E-state index in [2.05, 4.69) is 78.2 Å². The number of carbonyl (C=O) groups is 4. The van der Waals surface area contributed by atoms with Crippen LogP contribution in [0.15, 0.2) is 97.2 Å². The van der Waals surface area contributed by atoms with Gasteiger partial charge in [0, 0.05) is 77.6 Å². The summed E-state index contributed by atoms with van der Waals surface area (Å²) in [6.07, 6.45) is 11.0. The number of rotatable bonds is 21. The lowest BCUT2D eigenvalue weighted by Gasteiger charge is -2.17. The van der Waals surface area contributed by atoms with Crippen LogP contribution in [0.25, 0.3) is 10.9 Å². The molecule has 0 aliphatic carbocycles. The van der Waals surface area contributed by atoms with Gasteiger partial charge in [-0.05, 0) is 170 Å². The van der Waals surface area contributed by atoms with Crippen LogP contribution in [0.4, 0.5) is 17.1 Å². The number of nitrogens with one attached hydrogen (secondary N) is 3. The number of hydrogen-bond donors (Lipinski definition) is 6. The molecule has 80 heavy (non-hydrogen) atoms. The molecule has 4 atom stereocenters. The topological polar surface area (TPSA) is 248 Å². The van der Waals surface area contributed by atoms with E-state index in [0.29, 0.717) is 75.8 Å². The first kappa shape index (κ1) is 68.3. The molecule has 5 aromatic rings. The number of H-pyrrole nitrogens is 1. The minimum Gasteiger partial charge on any atom is -0.465 e. The van der Waals surface area contributed by atoms with Gasteiger partial charge in [0.15, 0.2) is 6.29 Å². The smallest absolute Gasteiger partial charge is 0.306 e. The van der Waals surface area contributed by atoms with Crippen molar-refractivity contribution in [3.8, 4) is 0 Å². The van der Waals surface area contributed by atoms with Crippen molar-refractivity contribution in [3.63, 3.8) is 0 Å². The largest absolute Gasteiger partial charge is 0.465 e. The van der Waals surface area contributed by atoms with Crippen LogP contribution >= 0.6 is 24.8 Å². The van der Waals surface area contributed by atoms with Gasteiger partial charge in [-0.15, -0.1) is 24.8 Å². The Morgan fingerprint density at radius 2 is 0.938 bits per heavy atom. The number of nitrogens with two attached hydrogens (primary N) is 3. The summed E-state index contributed by atoms with van der Waals surface area (Å²) >= 11 is 0. The first-order valence-electron chi connectivity index (χ1n) is 27.3. The van der Waals surface area contributed by atoms with Crippen LogP contribution in [0.1, 0.15) is 80.2 Å². The van der Waals surface area contributed by atoms with Gasteiger partial charge in [-0.25, -0.2) is 0 Å². The van der Waals surface area contributed by atoms with Crippen molar-refractivity contribution in [3.05, 3.63) is 125 Å². The number of anilines is 3. The van der Waals surface area contributed by atoms with E-state index >= 15 is 0 Å². The molecule has 4 unspecified atom stereocenters. The molecule has 0 bridgehead atoms. The zero-order chi connectivity index (χ0) is 56.2. The molecule has 0 radical (unpaired) electrons. The fourth-order valence-corrected chi connectivity index (χ4v) is 9.31. The summed E-state index contributed by atoms with van der Waals surface area (Å²) in [5, 5.41) is 1.31. The third-order valence-electron chi connectivity index (χ3n) is 13.5. The quantitative estimate of drug-likeness (QED) is 0.0101. The molecule has 20 heteroatoms. The van der Waals surface area contributed by atoms with E-state index in [4.69, 9.17) is 45.8 Å². The number of nitrogen functional groups attached to an aromatic ring is 3. The van der Waals surface area contributed by atoms with Crippen molar-refractivity contribution in [2.75, 3.05) is 97.5 Å². The van der Waals surface area contributed by atoms with Crippen molar-refractivity contribution >= 4 is 76.7 Å². The molecule has 9 N–H and O–H groups in total. The first-order chi connectivity index (χ1) is 37.6. The van der Waals surface area contributed by atoms with Crippen LogP contribution in [0, 0.1) is 23.7 Å². The molecule has 4 fully saturated rings. The highest BCUT2D eigenvalue weighted by Crippen LogP contribution is 2.26. The van der Waals surface area contributed by atoms with E-state index in [1.54, 1.807) is 0 Å². The predicted molar refractivity (Wildman–Crippen MR) is 320 cm³/mol. The number of aromatic nitrogens is 1. The average Bonchev–Trinajstić information content (AvgIpc) is 4.30. The van der Waals surface area contributed by atoms with Gasteiger partial charge in [0.05, 0.1) is 52.1 Å². The van der Waals surface area contributed by atoms with Crippen LogP contribution < -0.4 is 28.3 Å². The van der Waals surface area contributed by atoms with E-state index in [-0.39, 0.29) is 55.0 Å². The molecule has 0 spiro atoms. The number of hydrazine groups is 2. The van der Waals surface area contributed by atoms with Crippen molar-refractivity contribution in [2.45, 2.75) is 90.8 Å². The number of nitrogens with zero attached hydrogens (tertiary/aromatic N) is 2. The third-order valence-corrected chi connectivity index (χ3v) is 13.5. The summed E-state index contributed by atoms with van der Waals surface area (Å²) in [7, 11) is 8.35. The Morgan fingerprint density at radius 3 is 1.29 bits per heavy atom. The van der Waals surface area contributed by atoms with Gasteiger partial charge in [0.2, 0.25) is 0 Å². The summed E-state index contributed by atoms with van der Waals surface area (Å²) in [6.45, 7) is 9.82. The highest BCUT2D eigenvalue weighted by Gasteiger charge is 2.26. The van der Waals surface area contributed by atoms with Crippen molar-refractivity contribution < 1.29 is 47.6 Å². The van der Waals surface area contributed by atoms with Gasteiger partial charge < -0.3 is 59.8 Å². The van der Waals surface area contributed by atoms with Crippen LogP contribution in [-0.2, 0) is 79.7 Å². The highest BCUT2D eigenvalue weighted by atomic mass is 35.5. The number of halogens is 2. The van der Waals surface area contributed by atoms with E-state index in [0.717, 1.165) is 88.3 Å². The van der Waals surface area contributed by atoms with Gasteiger partial charge in [-0.3, -0.25) is 30.9 Å². The molecule has 442 valence electrons. The van der Waals surface area contributed by atoms with Gasteiger partial charge in [-0.1, -0.05) is 42.5 Å². The van der Waals surface area contributed by atoms with Crippen molar-refractivity contribution in [2.24, 2.45) is 35.4 Å². The molecule has 1 aromatic heterocycles. The van der Waals surface area contributed by atoms with Crippen molar-refractivity contribution in [1.29, 1.82) is 0 Å². The van der Waals surface area contributed by atoms with Crippen LogP contribution in [0.3, 0.4) is 0 Å². The summed E-state index contributed by atoms with van der Waals surface area (Å²) in [5.74, 6) is 11.6. The van der Waals surface area contributed by atoms with E-state index in [9.17, 15) is 19.2 Å². The monoisotopic (exact) mass is 1150 g/mol. The predicted octanol–water partition coefficient (Wildman–Crippen LogP) is 8.48. The summed E-state index contributed by atoms with van der Waals surface area (Å²) in [6, 6.07) is 30.1. The molecule has 5 heterocycles. The molecule has 4 aliphatic heterocycles. The first-order valence-corrected chi connectivity index (χ1v) is 27.3. The Kier molecular flexibility index (Phi) is 31.7. The molecule has 4 aromatic carbocycles. The molecule has 0 amide bonds. The lowest BCUT2D eigenvalue weighted by atomic mass is 9.97. The number of cyclic esters (lactones) is 4. The highest BCUT2D eigenvalue weighted by molar-refractivity contribution is 5.86. The lowest BCUT2D eigenvalue weighted by molar-refractivity contribution is -0.140. The number of likely N-dealkylation sites (N-methyl/N-ethyl adjacent to an activating group) is 1. The van der Waals surface area contributed by atoms with Crippen LogP contribution in [0.2, 0.25) is 0 Å². The second-order valence-corrected chi connectivity index (χ2v) is 20.8. The van der Waals surface area contributed by atoms with Crippen LogP contribution in [0.5, 0.6) is 0 Å². The fourth-order valence-electron chi connectivity index (χ4n) is 9.31. The number of esters is 4. The zero-order valence-electron chi connectivity index (χ0n) is 47.6. The van der Waals surface area contributed by atoms with Crippen molar-refractivity contribution in [1.82, 2.24) is 14.8 Å². The molecular formula is C60H88Cl2N8O10. The number of fused-ring (bicyclic) bond motifs is 1. The molecule has 4 saturated heterocycles. The molecule has 18 nitrogen and oxygen atoms in total. The fraction of sp³-hybridized carbons (Fsp3) is 0.500.